The first-order valence-corrected chi connectivity index (χ1v) is 12.8. The number of aryl methyl sites for hydroxylation is 2. The molecule has 1 aliphatic carbocycles. The molecule has 38 heavy (non-hydrogen) atoms. The molecule has 194 valence electrons. The number of phenolic OH excluding ortho intramolecular Hbond substituents is 1. The molecule has 0 amide bonds. The van der Waals surface area contributed by atoms with Crippen LogP contribution in [0, 0.1) is 0 Å². The van der Waals surface area contributed by atoms with Gasteiger partial charge in [0.2, 0.25) is 0 Å². The predicted octanol–water partition coefficient (Wildman–Crippen LogP) is 7.89. The van der Waals surface area contributed by atoms with Gasteiger partial charge in [0.25, 0.3) is 0 Å². The third kappa shape index (κ3) is 6.21. The summed E-state index contributed by atoms with van der Waals surface area (Å²) in [6.45, 7) is 2.04. The van der Waals surface area contributed by atoms with Crippen LogP contribution in [0.1, 0.15) is 41.4 Å². The van der Waals surface area contributed by atoms with Crippen molar-refractivity contribution >= 4 is 55.3 Å². The molecule has 0 radical (unpaired) electrons. The molecule has 2 N–H and O–H groups in total. The van der Waals surface area contributed by atoms with Gasteiger partial charge in [0.15, 0.2) is 0 Å². The molecule has 7 heteroatoms. The van der Waals surface area contributed by atoms with Crippen LogP contribution in [0.2, 0.25) is 0 Å². The first kappa shape index (κ1) is 26.9. The van der Waals surface area contributed by atoms with E-state index in [-0.39, 0.29) is 5.69 Å². The lowest BCUT2D eigenvalue weighted by molar-refractivity contribution is 0.0690. The van der Waals surface area contributed by atoms with Gasteiger partial charge < -0.3 is 14.9 Å². The molecule has 1 aliphatic rings. The second-order valence-corrected chi connectivity index (χ2v) is 9.15. The molecule has 0 saturated heterocycles. The molecule has 0 unspecified atom stereocenters. The molecular weight excluding hydrogens is 502 g/mol. The van der Waals surface area contributed by atoms with Crippen molar-refractivity contribution in [2.75, 3.05) is 6.61 Å². The molecule has 0 spiro atoms. The van der Waals surface area contributed by atoms with E-state index < -0.39 is 11.4 Å². The van der Waals surface area contributed by atoms with Crippen molar-refractivity contribution in [1.82, 2.24) is 4.98 Å². The van der Waals surface area contributed by atoms with Gasteiger partial charge in [-0.25, -0.2) is 14.6 Å². The van der Waals surface area contributed by atoms with Crippen molar-refractivity contribution in [2.24, 2.45) is 0 Å². The molecule has 0 aliphatic heterocycles. The molecule has 0 saturated carbocycles. The molecule has 1 aromatic heterocycles. The van der Waals surface area contributed by atoms with Crippen molar-refractivity contribution in [2.45, 2.75) is 32.6 Å². The lowest BCUT2D eigenvalue weighted by atomic mass is 9.86. The summed E-state index contributed by atoms with van der Waals surface area (Å²) in [5, 5.41) is 25.4. The van der Waals surface area contributed by atoms with E-state index in [9.17, 15) is 14.7 Å². The topological polar surface area (TPSA) is 96.7 Å². The zero-order chi connectivity index (χ0) is 27.1. The smallest absolute Gasteiger partial charge is 0.403 e. The van der Waals surface area contributed by atoms with E-state index >= 15 is 0 Å². The van der Waals surface area contributed by atoms with Gasteiger partial charge in [-0.2, -0.15) is 0 Å². The highest BCUT2D eigenvalue weighted by molar-refractivity contribution is 6.61. The summed E-state index contributed by atoms with van der Waals surface area (Å²) in [5.74, 6) is -0.590. The number of carbonyl (C=O) groups excluding carboxylic acids is 1. The average molecular weight is 530 g/mol. The van der Waals surface area contributed by atoms with Gasteiger partial charge in [0.1, 0.15) is 11.4 Å². The fourth-order valence-electron chi connectivity index (χ4n) is 4.73. The van der Waals surface area contributed by atoms with Crippen LogP contribution in [0.5, 0.6) is 5.75 Å². The maximum Gasteiger partial charge on any atom is 0.403 e. The molecule has 6 nitrogen and oxygen atoms in total. The summed E-state index contributed by atoms with van der Waals surface area (Å²) in [6, 6.07) is 23.7. The Morgan fingerprint density at radius 2 is 1.53 bits per heavy atom. The summed E-state index contributed by atoms with van der Waals surface area (Å²) >= 11 is 4.72. The number of benzene rings is 4. The summed E-state index contributed by atoms with van der Waals surface area (Å²) < 4.78 is 4.17. The van der Waals surface area contributed by atoms with Crippen molar-refractivity contribution in [3.8, 4) is 5.75 Å². The lowest BCUT2D eigenvalue weighted by Gasteiger charge is -2.19. The van der Waals surface area contributed by atoms with E-state index in [4.69, 9.17) is 16.7 Å². The predicted molar refractivity (Wildman–Crippen MR) is 151 cm³/mol. The van der Waals surface area contributed by atoms with Crippen LogP contribution < -0.4 is 0 Å². The second-order valence-electron chi connectivity index (χ2n) is 8.84. The molecule has 6 rings (SSSR count). The fraction of sp³-hybridized carbons (Fsp3) is 0.194. The van der Waals surface area contributed by atoms with Gasteiger partial charge in [0, 0.05) is 28.6 Å². The van der Waals surface area contributed by atoms with E-state index in [0.717, 1.165) is 28.0 Å². The highest BCUT2D eigenvalue weighted by Gasteiger charge is 2.15. The standard InChI is InChI=1S/C18H16O.C10H7NO2.C3H5ClO2/c19-18-11-17-13-6-2-1-5-12(13)9-10-15(17)14-7-3-4-8-16(14)18;12-10(13)9-5-7-3-1-2-4-8(7)6-11-9;1-2-6-3(4)5/h3-4,7-11,19H,1-2,5-6H2;1-6H,(H,12,13);2H2,1H3. The first-order valence-electron chi connectivity index (χ1n) is 12.4. The molecule has 0 atom stereocenters. The van der Waals surface area contributed by atoms with Crippen molar-refractivity contribution in [1.29, 1.82) is 0 Å². The number of phenols is 1. The number of pyridine rings is 1. The number of carboxylic acids is 1. The van der Waals surface area contributed by atoms with E-state index in [1.165, 1.54) is 41.2 Å². The van der Waals surface area contributed by atoms with E-state index in [1.54, 1.807) is 19.2 Å². The molecule has 1 heterocycles. The Morgan fingerprint density at radius 3 is 2.21 bits per heavy atom. The largest absolute Gasteiger partial charge is 0.507 e. The van der Waals surface area contributed by atoms with Crippen molar-refractivity contribution in [3.05, 3.63) is 95.8 Å². The number of halogens is 1. The van der Waals surface area contributed by atoms with Crippen LogP contribution in [-0.2, 0) is 17.6 Å². The molecule has 0 fully saturated rings. The Bertz CT molecular complexity index is 1620. The molecule has 5 aromatic rings. The SMILES string of the molecule is CCOC(=O)Cl.O=C(O)c1cc2ccccc2cn1.Oc1cc2c3c(ccc2c2ccccc12)CCCC3. The second kappa shape index (κ2) is 12.4. The Kier molecular flexibility index (Phi) is 8.77. The highest BCUT2D eigenvalue weighted by atomic mass is 35.5. The molecule has 4 aromatic carbocycles. The van der Waals surface area contributed by atoms with E-state index in [0.29, 0.717) is 12.4 Å². The van der Waals surface area contributed by atoms with Gasteiger partial charge in [-0.3, -0.25) is 0 Å². The van der Waals surface area contributed by atoms with Crippen molar-refractivity contribution < 1.29 is 24.5 Å². The monoisotopic (exact) mass is 529 g/mol. The Balaban J connectivity index is 0.000000154. The van der Waals surface area contributed by atoms with Crippen LogP contribution in [0.4, 0.5) is 4.79 Å². The number of hydrogen-bond donors (Lipinski definition) is 2. The van der Waals surface area contributed by atoms with Gasteiger partial charge in [-0.15, -0.1) is 0 Å². The zero-order valence-electron chi connectivity index (χ0n) is 21.0. The van der Waals surface area contributed by atoms with Crippen LogP contribution in [-0.4, -0.2) is 33.2 Å². The summed E-state index contributed by atoms with van der Waals surface area (Å²) in [7, 11) is 0. The van der Waals surface area contributed by atoms with E-state index in [2.05, 4.69) is 27.9 Å². The number of aromatic carboxylic acids is 1. The van der Waals surface area contributed by atoms with Gasteiger partial charge in [0.05, 0.1) is 6.61 Å². The quantitative estimate of drug-likeness (QED) is 0.178. The fourth-order valence-corrected chi connectivity index (χ4v) is 4.84. The summed E-state index contributed by atoms with van der Waals surface area (Å²) in [4.78, 5) is 24.0. The summed E-state index contributed by atoms with van der Waals surface area (Å²) in [6.07, 6.45) is 6.44. The number of fused-ring (bicyclic) bond motifs is 6. The number of aromatic nitrogens is 1. The van der Waals surface area contributed by atoms with Crippen molar-refractivity contribution in [3.63, 3.8) is 0 Å². The molecule has 0 bridgehead atoms. The minimum absolute atomic E-state index is 0.0821. The van der Waals surface area contributed by atoms with Gasteiger partial charge in [-0.05, 0) is 77.4 Å². The highest BCUT2D eigenvalue weighted by Crippen LogP contribution is 2.37. The van der Waals surface area contributed by atoms with Gasteiger partial charge >= 0.3 is 11.4 Å². The number of carbonyl (C=O) groups is 2. The number of rotatable bonds is 2. The third-order valence-corrected chi connectivity index (χ3v) is 6.57. The van der Waals surface area contributed by atoms with E-state index in [1.807, 2.05) is 48.5 Å². The maximum atomic E-state index is 10.6. The third-order valence-electron chi connectivity index (χ3n) is 6.46. The Hall–Kier alpha value is -4.16. The Morgan fingerprint density at radius 1 is 0.868 bits per heavy atom. The van der Waals surface area contributed by atoms with Crippen LogP contribution >= 0.6 is 11.6 Å². The Labute approximate surface area is 225 Å². The van der Waals surface area contributed by atoms with Crippen LogP contribution in [0.3, 0.4) is 0 Å². The number of aromatic hydroxyl groups is 1. The number of ether oxygens (including phenoxy) is 1. The minimum Gasteiger partial charge on any atom is -0.507 e. The van der Waals surface area contributed by atoms with Crippen LogP contribution in [0.15, 0.2) is 79.0 Å². The number of hydrogen-bond acceptors (Lipinski definition) is 5. The average Bonchev–Trinajstić information content (AvgIpc) is 2.93. The number of carboxylic acid groups (broad SMARTS) is 1. The minimum atomic E-state index is -0.995. The zero-order valence-corrected chi connectivity index (χ0v) is 21.7. The lowest BCUT2D eigenvalue weighted by Crippen LogP contribution is -2.03. The summed E-state index contributed by atoms with van der Waals surface area (Å²) in [5.41, 5.74) is 2.26. The molecular formula is C31H28ClNO5. The van der Waals surface area contributed by atoms with Gasteiger partial charge in [-0.1, -0.05) is 60.7 Å². The maximum absolute atomic E-state index is 10.6. The normalized spacial score (nSPS) is 12.1. The first-order chi connectivity index (χ1) is 18.4. The number of nitrogens with zero attached hydrogens (tertiary/aromatic N) is 1. The van der Waals surface area contributed by atoms with Crippen LogP contribution in [0.25, 0.3) is 32.3 Å².